The zero-order chi connectivity index (χ0) is 20.7. The van der Waals surface area contributed by atoms with E-state index < -0.39 is 11.7 Å². The Balaban J connectivity index is 2.14. The van der Waals surface area contributed by atoms with E-state index in [1.165, 1.54) is 0 Å². The van der Waals surface area contributed by atoms with E-state index in [1.807, 2.05) is 13.8 Å². The Labute approximate surface area is 172 Å². The van der Waals surface area contributed by atoms with Crippen molar-refractivity contribution >= 4 is 40.7 Å². The van der Waals surface area contributed by atoms with Crippen LogP contribution in [0.25, 0.3) is 0 Å². The highest BCUT2D eigenvalue weighted by Crippen LogP contribution is 2.34. The molecule has 2 aromatic rings. The van der Waals surface area contributed by atoms with Crippen molar-refractivity contribution in [2.75, 3.05) is 36.8 Å². The molecular formula is C18H22Cl2F3N5. The lowest BCUT2D eigenvalue weighted by molar-refractivity contribution is -0.137. The van der Waals surface area contributed by atoms with Crippen LogP contribution in [0.4, 0.5) is 30.6 Å². The third-order valence-electron chi connectivity index (χ3n) is 4.11. The molecule has 0 aliphatic rings. The molecule has 1 heterocycles. The minimum atomic E-state index is -4.55. The smallest absolute Gasteiger partial charge is 0.369 e. The number of halogens is 5. The van der Waals surface area contributed by atoms with Crippen molar-refractivity contribution in [3.8, 4) is 0 Å². The van der Waals surface area contributed by atoms with Crippen LogP contribution in [0.15, 0.2) is 24.4 Å². The van der Waals surface area contributed by atoms with Gasteiger partial charge in [-0.05, 0) is 44.3 Å². The van der Waals surface area contributed by atoms with Crippen molar-refractivity contribution in [3.05, 3.63) is 40.0 Å². The number of nitrogens with one attached hydrogen (secondary N) is 2. The highest BCUT2D eigenvalue weighted by Gasteiger charge is 2.35. The van der Waals surface area contributed by atoms with Crippen molar-refractivity contribution in [2.45, 2.75) is 26.4 Å². The van der Waals surface area contributed by atoms with Crippen LogP contribution in [-0.2, 0) is 6.18 Å². The van der Waals surface area contributed by atoms with Gasteiger partial charge in [0.25, 0.3) is 0 Å². The van der Waals surface area contributed by atoms with Crippen LogP contribution in [-0.4, -0.2) is 41.0 Å². The van der Waals surface area contributed by atoms with E-state index >= 15 is 0 Å². The molecule has 10 heteroatoms. The molecule has 1 aromatic carbocycles. The van der Waals surface area contributed by atoms with Crippen LogP contribution in [0.2, 0.25) is 10.0 Å². The molecule has 0 bridgehead atoms. The first-order valence-corrected chi connectivity index (χ1v) is 9.62. The minimum Gasteiger partial charge on any atom is -0.369 e. The molecule has 0 saturated carbocycles. The fourth-order valence-electron chi connectivity index (χ4n) is 2.54. The summed E-state index contributed by atoms with van der Waals surface area (Å²) in [7, 11) is 0. The van der Waals surface area contributed by atoms with E-state index in [9.17, 15) is 13.2 Å². The Morgan fingerprint density at radius 3 is 2.43 bits per heavy atom. The number of hydrogen-bond donors (Lipinski definition) is 2. The Bertz CT molecular complexity index is 782. The van der Waals surface area contributed by atoms with E-state index in [-0.39, 0.29) is 11.8 Å². The van der Waals surface area contributed by atoms with E-state index in [4.69, 9.17) is 23.2 Å². The maximum Gasteiger partial charge on any atom is 0.421 e. The fraction of sp³-hybridized carbons (Fsp3) is 0.444. The fourth-order valence-corrected chi connectivity index (χ4v) is 2.83. The van der Waals surface area contributed by atoms with Crippen LogP contribution >= 0.6 is 23.2 Å². The second-order valence-corrected chi connectivity index (χ2v) is 6.83. The molecule has 0 aliphatic heterocycles. The Kier molecular flexibility index (Phi) is 8.15. The number of anilines is 3. The van der Waals surface area contributed by atoms with Gasteiger partial charge in [0.2, 0.25) is 5.95 Å². The standard InChI is InChI=1S/C18H22Cl2F3N5/c1-3-28(4-2)9-5-8-24-16-13(18(21,22)23)11-25-17(27-16)26-12-6-7-14(19)15(20)10-12/h6-7,10-11H,3-5,8-9H2,1-2H3,(H2,24,25,26,27). The normalized spacial score (nSPS) is 11.7. The predicted octanol–water partition coefficient (Wildman–Crippen LogP) is 5.69. The molecule has 0 spiro atoms. The lowest BCUT2D eigenvalue weighted by Crippen LogP contribution is -2.25. The summed E-state index contributed by atoms with van der Waals surface area (Å²) in [6, 6.07) is 4.75. The molecule has 0 aliphatic carbocycles. The highest BCUT2D eigenvalue weighted by molar-refractivity contribution is 6.42. The summed E-state index contributed by atoms with van der Waals surface area (Å²) in [5.41, 5.74) is -0.392. The monoisotopic (exact) mass is 435 g/mol. The van der Waals surface area contributed by atoms with E-state index in [2.05, 4.69) is 25.5 Å². The minimum absolute atomic E-state index is 0.0256. The quantitative estimate of drug-likeness (QED) is 0.495. The van der Waals surface area contributed by atoms with Gasteiger partial charge in [-0.15, -0.1) is 0 Å². The van der Waals surface area contributed by atoms with Gasteiger partial charge >= 0.3 is 6.18 Å². The summed E-state index contributed by atoms with van der Waals surface area (Å²) < 4.78 is 39.8. The zero-order valence-electron chi connectivity index (χ0n) is 15.6. The van der Waals surface area contributed by atoms with Gasteiger partial charge < -0.3 is 15.5 Å². The van der Waals surface area contributed by atoms with Crippen molar-refractivity contribution in [3.63, 3.8) is 0 Å². The van der Waals surface area contributed by atoms with Crippen molar-refractivity contribution in [1.29, 1.82) is 0 Å². The lowest BCUT2D eigenvalue weighted by Gasteiger charge is -2.19. The maximum atomic E-state index is 13.3. The molecule has 0 radical (unpaired) electrons. The second kappa shape index (κ2) is 10.1. The van der Waals surface area contributed by atoms with Crippen LogP contribution in [0.3, 0.4) is 0 Å². The SMILES string of the molecule is CCN(CC)CCCNc1nc(Nc2ccc(Cl)c(Cl)c2)ncc1C(F)(F)F. The first-order chi connectivity index (χ1) is 13.2. The molecule has 5 nitrogen and oxygen atoms in total. The molecule has 28 heavy (non-hydrogen) atoms. The van der Waals surface area contributed by atoms with Crippen LogP contribution in [0.5, 0.6) is 0 Å². The van der Waals surface area contributed by atoms with Gasteiger partial charge in [0.05, 0.1) is 10.0 Å². The van der Waals surface area contributed by atoms with Gasteiger partial charge in [0.1, 0.15) is 11.4 Å². The number of benzene rings is 1. The van der Waals surface area contributed by atoms with Gasteiger partial charge in [0.15, 0.2) is 0 Å². The molecule has 0 fully saturated rings. The molecule has 0 atom stereocenters. The average molecular weight is 436 g/mol. The molecule has 0 saturated heterocycles. The first-order valence-electron chi connectivity index (χ1n) is 8.87. The van der Waals surface area contributed by atoms with Gasteiger partial charge in [-0.2, -0.15) is 18.2 Å². The molecule has 0 unspecified atom stereocenters. The van der Waals surface area contributed by atoms with Gasteiger partial charge in [-0.1, -0.05) is 37.0 Å². The maximum absolute atomic E-state index is 13.3. The van der Waals surface area contributed by atoms with Crippen molar-refractivity contribution < 1.29 is 13.2 Å². The molecular weight excluding hydrogens is 414 g/mol. The van der Waals surface area contributed by atoms with E-state index in [0.717, 1.165) is 25.8 Å². The largest absolute Gasteiger partial charge is 0.421 e. The lowest BCUT2D eigenvalue weighted by atomic mass is 10.3. The van der Waals surface area contributed by atoms with Crippen LogP contribution in [0.1, 0.15) is 25.8 Å². The molecule has 0 amide bonds. The van der Waals surface area contributed by atoms with Crippen LogP contribution < -0.4 is 10.6 Å². The molecule has 2 N–H and O–H groups in total. The Morgan fingerprint density at radius 1 is 1.11 bits per heavy atom. The van der Waals surface area contributed by atoms with Gasteiger partial charge in [-0.25, -0.2) is 4.98 Å². The van der Waals surface area contributed by atoms with E-state index in [1.54, 1.807) is 18.2 Å². The summed E-state index contributed by atoms with van der Waals surface area (Å²) in [5, 5.41) is 6.31. The summed E-state index contributed by atoms with van der Waals surface area (Å²) in [5.74, 6) is -0.234. The number of nitrogens with zero attached hydrogens (tertiary/aromatic N) is 3. The molecule has 154 valence electrons. The van der Waals surface area contributed by atoms with Gasteiger partial charge in [0, 0.05) is 18.4 Å². The second-order valence-electron chi connectivity index (χ2n) is 6.01. The average Bonchev–Trinajstić information content (AvgIpc) is 2.64. The van der Waals surface area contributed by atoms with E-state index in [0.29, 0.717) is 28.7 Å². The number of alkyl halides is 3. The predicted molar refractivity (Wildman–Crippen MR) is 108 cm³/mol. The van der Waals surface area contributed by atoms with Gasteiger partial charge in [-0.3, -0.25) is 0 Å². The first kappa shape index (κ1) is 22.5. The highest BCUT2D eigenvalue weighted by atomic mass is 35.5. The zero-order valence-corrected chi connectivity index (χ0v) is 17.1. The third-order valence-corrected chi connectivity index (χ3v) is 4.85. The summed E-state index contributed by atoms with van der Waals surface area (Å²) in [4.78, 5) is 9.97. The number of aromatic nitrogens is 2. The molecule has 1 aromatic heterocycles. The Morgan fingerprint density at radius 2 is 1.82 bits per heavy atom. The van der Waals surface area contributed by atoms with Crippen molar-refractivity contribution in [2.24, 2.45) is 0 Å². The van der Waals surface area contributed by atoms with Crippen LogP contribution in [0, 0.1) is 0 Å². The Hall–Kier alpha value is -1.77. The number of rotatable bonds is 9. The summed E-state index contributed by atoms with van der Waals surface area (Å²) in [6.45, 7) is 7.04. The third kappa shape index (κ3) is 6.39. The summed E-state index contributed by atoms with van der Waals surface area (Å²) >= 11 is 11.8. The van der Waals surface area contributed by atoms with Crippen molar-refractivity contribution in [1.82, 2.24) is 14.9 Å². The number of hydrogen-bond acceptors (Lipinski definition) is 5. The summed E-state index contributed by atoms with van der Waals surface area (Å²) in [6.07, 6.45) is -3.10. The molecule has 2 rings (SSSR count). The topological polar surface area (TPSA) is 53.1 Å².